The summed E-state index contributed by atoms with van der Waals surface area (Å²) >= 11 is 0. The number of halogens is 3. The number of carbonyl (C=O) groups excluding carboxylic acids is 2. The predicted molar refractivity (Wildman–Crippen MR) is 121 cm³/mol. The van der Waals surface area contributed by atoms with Crippen LogP contribution in [0.25, 0.3) is 11.3 Å². The molecule has 0 unspecified atom stereocenters. The van der Waals surface area contributed by atoms with Crippen molar-refractivity contribution in [1.29, 1.82) is 0 Å². The molecule has 1 aliphatic heterocycles. The molecule has 0 saturated carbocycles. The molecule has 0 aliphatic carbocycles. The predicted octanol–water partition coefficient (Wildman–Crippen LogP) is 4.92. The standard InChI is InChI=1S/C25H24F3N3O3/c26-25(27,28)19-5-2-4-18(14-19)21-7-8-22(34-21)24(33)30-20-6-1-3-16(13-20)15-31-11-9-17(10-12-31)23(29)32/h1-8,13-14,17H,9-12,15H2,(H2,29,32)(H,30,33). The normalized spacial score (nSPS) is 15.3. The van der Waals surface area contributed by atoms with E-state index in [0.29, 0.717) is 12.2 Å². The van der Waals surface area contributed by atoms with Gasteiger partial charge in [0.2, 0.25) is 5.91 Å². The maximum Gasteiger partial charge on any atom is 0.416 e. The van der Waals surface area contributed by atoms with Gasteiger partial charge in [-0.25, -0.2) is 0 Å². The topological polar surface area (TPSA) is 88.6 Å². The number of benzene rings is 2. The number of primary amides is 1. The first-order valence-corrected chi connectivity index (χ1v) is 10.9. The van der Waals surface area contributed by atoms with Crippen molar-refractivity contribution < 1.29 is 27.2 Å². The molecule has 0 atom stereocenters. The number of likely N-dealkylation sites (tertiary alicyclic amines) is 1. The van der Waals surface area contributed by atoms with Gasteiger partial charge in [0.15, 0.2) is 5.76 Å². The van der Waals surface area contributed by atoms with Crippen LogP contribution < -0.4 is 11.1 Å². The number of amides is 2. The molecule has 9 heteroatoms. The monoisotopic (exact) mass is 471 g/mol. The van der Waals surface area contributed by atoms with Crippen LogP contribution in [-0.2, 0) is 17.5 Å². The van der Waals surface area contributed by atoms with Gasteiger partial charge in [0.05, 0.1) is 5.56 Å². The Kier molecular flexibility index (Phi) is 6.74. The Morgan fingerprint density at radius 1 is 1.03 bits per heavy atom. The van der Waals surface area contributed by atoms with Gasteiger partial charge in [-0.05, 0) is 67.9 Å². The summed E-state index contributed by atoms with van der Waals surface area (Å²) in [6.07, 6.45) is -3.00. The largest absolute Gasteiger partial charge is 0.451 e. The number of hydrogen-bond donors (Lipinski definition) is 2. The lowest BCUT2D eigenvalue weighted by molar-refractivity contribution is -0.137. The summed E-state index contributed by atoms with van der Waals surface area (Å²) < 4.78 is 44.4. The molecule has 1 aromatic heterocycles. The molecule has 6 nitrogen and oxygen atoms in total. The van der Waals surface area contributed by atoms with Crippen molar-refractivity contribution in [2.45, 2.75) is 25.6 Å². The van der Waals surface area contributed by atoms with E-state index in [1.54, 1.807) is 6.07 Å². The van der Waals surface area contributed by atoms with Crippen LogP contribution in [0.4, 0.5) is 18.9 Å². The van der Waals surface area contributed by atoms with Crippen molar-refractivity contribution in [1.82, 2.24) is 4.90 Å². The fourth-order valence-electron chi connectivity index (χ4n) is 4.04. The van der Waals surface area contributed by atoms with Gasteiger partial charge in [-0.2, -0.15) is 13.2 Å². The van der Waals surface area contributed by atoms with Crippen LogP contribution in [-0.4, -0.2) is 29.8 Å². The van der Waals surface area contributed by atoms with Crippen LogP contribution in [0.1, 0.15) is 34.5 Å². The number of anilines is 1. The van der Waals surface area contributed by atoms with E-state index in [0.717, 1.165) is 43.6 Å². The molecule has 2 amide bonds. The average Bonchev–Trinajstić information content (AvgIpc) is 3.30. The zero-order valence-electron chi connectivity index (χ0n) is 18.3. The summed E-state index contributed by atoms with van der Waals surface area (Å²) in [6, 6.07) is 15.0. The number of carbonyl (C=O) groups is 2. The van der Waals surface area contributed by atoms with Gasteiger partial charge in [-0.3, -0.25) is 14.5 Å². The Morgan fingerprint density at radius 2 is 1.76 bits per heavy atom. The van der Waals surface area contributed by atoms with E-state index in [2.05, 4.69) is 10.2 Å². The Morgan fingerprint density at radius 3 is 2.47 bits per heavy atom. The minimum atomic E-state index is -4.47. The van der Waals surface area contributed by atoms with Crippen molar-refractivity contribution >= 4 is 17.5 Å². The van der Waals surface area contributed by atoms with Crippen LogP contribution in [0.5, 0.6) is 0 Å². The number of alkyl halides is 3. The number of rotatable bonds is 6. The highest BCUT2D eigenvalue weighted by molar-refractivity contribution is 6.02. The maximum atomic E-state index is 13.0. The Hall–Kier alpha value is -3.59. The number of piperidine rings is 1. The fraction of sp³-hybridized carbons (Fsp3) is 0.280. The molecule has 1 aliphatic rings. The van der Waals surface area contributed by atoms with Gasteiger partial charge in [-0.15, -0.1) is 0 Å². The lowest BCUT2D eigenvalue weighted by Gasteiger charge is -2.30. The molecule has 1 saturated heterocycles. The van der Waals surface area contributed by atoms with E-state index < -0.39 is 17.6 Å². The third kappa shape index (κ3) is 5.66. The van der Waals surface area contributed by atoms with E-state index in [-0.39, 0.29) is 28.9 Å². The molecule has 0 radical (unpaired) electrons. The van der Waals surface area contributed by atoms with Gasteiger partial charge in [-0.1, -0.05) is 24.3 Å². The van der Waals surface area contributed by atoms with Crippen LogP contribution in [0.3, 0.4) is 0 Å². The second-order valence-electron chi connectivity index (χ2n) is 8.35. The molecule has 0 bridgehead atoms. The Bertz CT molecular complexity index is 1180. The van der Waals surface area contributed by atoms with Gasteiger partial charge < -0.3 is 15.5 Å². The van der Waals surface area contributed by atoms with Gasteiger partial charge in [0.25, 0.3) is 5.91 Å². The Balaban J connectivity index is 1.39. The molecule has 178 valence electrons. The minimum absolute atomic E-state index is 0.00802. The number of hydrogen-bond acceptors (Lipinski definition) is 4. The molecule has 0 spiro atoms. The zero-order chi connectivity index (χ0) is 24.3. The SMILES string of the molecule is NC(=O)C1CCN(Cc2cccc(NC(=O)c3ccc(-c4cccc(C(F)(F)F)c4)o3)c2)CC1. The summed E-state index contributed by atoms with van der Waals surface area (Å²) in [7, 11) is 0. The van der Waals surface area contributed by atoms with Gasteiger partial charge in [0.1, 0.15) is 5.76 Å². The first-order valence-electron chi connectivity index (χ1n) is 10.9. The highest BCUT2D eigenvalue weighted by atomic mass is 19.4. The average molecular weight is 471 g/mol. The summed E-state index contributed by atoms with van der Waals surface area (Å²) in [6.45, 7) is 2.22. The minimum Gasteiger partial charge on any atom is -0.451 e. The quantitative estimate of drug-likeness (QED) is 0.535. The zero-order valence-corrected chi connectivity index (χ0v) is 18.3. The number of nitrogens with one attached hydrogen (secondary N) is 1. The smallest absolute Gasteiger partial charge is 0.416 e. The van der Waals surface area contributed by atoms with Crippen LogP contribution in [0, 0.1) is 5.92 Å². The van der Waals surface area contributed by atoms with E-state index >= 15 is 0 Å². The molecule has 4 rings (SSSR count). The van der Waals surface area contributed by atoms with Crippen molar-refractivity contribution in [3.63, 3.8) is 0 Å². The van der Waals surface area contributed by atoms with Crippen molar-refractivity contribution in [2.24, 2.45) is 11.7 Å². The molecular formula is C25H24F3N3O3. The second kappa shape index (κ2) is 9.72. The van der Waals surface area contributed by atoms with E-state index in [1.165, 1.54) is 24.3 Å². The first-order chi connectivity index (χ1) is 16.2. The van der Waals surface area contributed by atoms with Crippen molar-refractivity contribution in [3.8, 4) is 11.3 Å². The van der Waals surface area contributed by atoms with Gasteiger partial charge in [0, 0.05) is 23.7 Å². The maximum absolute atomic E-state index is 13.0. The molecule has 3 N–H and O–H groups in total. The third-order valence-corrected chi connectivity index (χ3v) is 5.89. The number of nitrogens with two attached hydrogens (primary N) is 1. The van der Waals surface area contributed by atoms with Crippen LogP contribution >= 0.6 is 0 Å². The molecule has 3 aromatic rings. The lowest BCUT2D eigenvalue weighted by Crippen LogP contribution is -2.38. The van der Waals surface area contributed by atoms with Crippen molar-refractivity contribution in [2.75, 3.05) is 18.4 Å². The van der Waals surface area contributed by atoms with Crippen LogP contribution in [0.2, 0.25) is 0 Å². The van der Waals surface area contributed by atoms with E-state index in [1.807, 2.05) is 18.2 Å². The molecular weight excluding hydrogens is 447 g/mol. The molecule has 2 aromatic carbocycles. The summed E-state index contributed by atoms with van der Waals surface area (Å²) in [5.41, 5.74) is 6.41. The second-order valence-corrected chi connectivity index (χ2v) is 8.35. The third-order valence-electron chi connectivity index (χ3n) is 5.89. The summed E-state index contributed by atoms with van der Waals surface area (Å²) in [5, 5.41) is 2.77. The highest BCUT2D eigenvalue weighted by Crippen LogP contribution is 2.32. The molecule has 34 heavy (non-hydrogen) atoms. The molecule has 1 fully saturated rings. The van der Waals surface area contributed by atoms with Crippen molar-refractivity contribution in [3.05, 3.63) is 77.6 Å². The number of furan rings is 1. The van der Waals surface area contributed by atoms with E-state index in [4.69, 9.17) is 10.2 Å². The van der Waals surface area contributed by atoms with E-state index in [9.17, 15) is 22.8 Å². The van der Waals surface area contributed by atoms with Gasteiger partial charge >= 0.3 is 6.18 Å². The fourth-order valence-corrected chi connectivity index (χ4v) is 4.04. The molecule has 2 heterocycles. The number of nitrogens with zero attached hydrogens (tertiary/aromatic N) is 1. The van der Waals surface area contributed by atoms with Crippen LogP contribution in [0.15, 0.2) is 65.1 Å². The lowest BCUT2D eigenvalue weighted by atomic mass is 9.96. The highest BCUT2D eigenvalue weighted by Gasteiger charge is 2.30. The Labute approximate surface area is 194 Å². The summed E-state index contributed by atoms with van der Waals surface area (Å²) in [4.78, 5) is 26.2. The summed E-state index contributed by atoms with van der Waals surface area (Å²) in [5.74, 6) is -0.664. The first kappa shape index (κ1) is 23.6.